The van der Waals surface area contributed by atoms with Crippen molar-refractivity contribution < 1.29 is 66.9 Å². The molecule has 2 rings (SSSR count). The molecular weight excluding hydrogens is 618 g/mol. The Labute approximate surface area is 265 Å². The summed E-state index contributed by atoms with van der Waals surface area (Å²) in [7, 11) is 0. The number of hydroxylamine groups is 4. The van der Waals surface area contributed by atoms with Gasteiger partial charge in [-0.15, -0.1) is 16.5 Å². The van der Waals surface area contributed by atoms with Crippen molar-refractivity contribution in [3.8, 4) is 12.3 Å². The molecule has 0 atom stereocenters. The normalized spacial score (nSPS) is 14.1. The molecule has 19 heteroatoms. The van der Waals surface area contributed by atoms with Crippen LogP contribution in [0.2, 0.25) is 0 Å². The molecule has 0 unspecified atom stereocenters. The first-order valence-electron chi connectivity index (χ1n) is 14.3. The maximum atomic E-state index is 11.5. The van der Waals surface area contributed by atoms with Gasteiger partial charge in [-0.2, -0.15) is 0 Å². The van der Waals surface area contributed by atoms with Crippen LogP contribution in [0.3, 0.4) is 0 Å². The summed E-state index contributed by atoms with van der Waals surface area (Å²) < 4.78 is 30.9. The topological polar surface area (TPSA) is 231 Å². The zero-order valence-electron chi connectivity index (χ0n) is 25.5. The molecule has 4 amide bonds. The highest BCUT2D eigenvalue weighted by Crippen LogP contribution is 2.13. The van der Waals surface area contributed by atoms with E-state index in [0.717, 1.165) is 0 Å². The van der Waals surface area contributed by atoms with Gasteiger partial charge in [0.25, 0.3) is 23.6 Å². The summed E-state index contributed by atoms with van der Waals surface area (Å²) in [6, 6.07) is 0. The van der Waals surface area contributed by atoms with Gasteiger partial charge < -0.3 is 38.1 Å². The molecular formula is C27H39N5O14. The molecule has 0 bridgehead atoms. The molecule has 0 radical (unpaired) electrons. The van der Waals surface area contributed by atoms with Gasteiger partial charge in [-0.05, 0) is 5.53 Å². The second-order valence-corrected chi connectivity index (χ2v) is 8.86. The van der Waals surface area contributed by atoms with Crippen LogP contribution in [-0.4, -0.2) is 132 Å². The number of nitrogens with zero attached hydrogens (tertiary/aromatic N) is 5. The maximum Gasteiger partial charge on any atom is 0.335 e. The molecule has 2 saturated heterocycles. The molecule has 0 aromatic heterocycles. The minimum absolute atomic E-state index is 0.0577. The van der Waals surface area contributed by atoms with Crippen molar-refractivity contribution in [2.24, 2.45) is 5.11 Å². The monoisotopic (exact) mass is 657 g/mol. The lowest BCUT2D eigenvalue weighted by Gasteiger charge is -2.12. The van der Waals surface area contributed by atoms with E-state index in [1.54, 1.807) is 0 Å². The van der Waals surface area contributed by atoms with Crippen molar-refractivity contribution >= 4 is 35.6 Å². The highest BCUT2D eigenvalue weighted by molar-refractivity contribution is 6.02. The highest BCUT2D eigenvalue weighted by Gasteiger charge is 2.33. The summed E-state index contributed by atoms with van der Waals surface area (Å²) in [6.07, 6.45) is 5.16. The first-order chi connectivity index (χ1) is 22.3. The number of hydrogen-bond donors (Lipinski definition) is 0. The Morgan fingerprint density at radius 3 is 1.35 bits per heavy atom. The van der Waals surface area contributed by atoms with Crippen molar-refractivity contribution in [3.05, 3.63) is 10.4 Å². The number of imide groups is 2. The van der Waals surface area contributed by atoms with Crippen LogP contribution in [-0.2, 0) is 66.9 Å². The van der Waals surface area contributed by atoms with Crippen LogP contribution in [0.15, 0.2) is 5.11 Å². The summed E-state index contributed by atoms with van der Waals surface area (Å²) in [5.74, 6) is -1.07. The second-order valence-electron chi connectivity index (χ2n) is 8.86. The Kier molecular flexibility index (Phi) is 22.6. The molecule has 0 saturated carbocycles. The van der Waals surface area contributed by atoms with Gasteiger partial charge in [0.15, 0.2) is 0 Å². The lowest BCUT2D eigenvalue weighted by Crippen LogP contribution is -2.32. The molecule has 2 aliphatic rings. The van der Waals surface area contributed by atoms with E-state index in [0.29, 0.717) is 63.0 Å². The van der Waals surface area contributed by atoms with E-state index in [-0.39, 0.29) is 71.5 Å². The average molecular weight is 658 g/mol. The zero-order valence-corrected chi connectivity index (χ0v) is 25.5. The molecule has 2 aliphatic heterocycles. The van der Waals surface area contributed by atoms with Crippen molar-refractivity contribution in [2.45, 2.75) is 38.5 Å². The number of amides is 4. The maximum absolute atomic E-state index is 11.5. The Morgan fingerprint density at radius 1 is 0.630 bits per heavy atom. The Balaban J connectivity index is 0.000000467. The zero-order chi connectivity index (χ0) is 33.8. The smallest absolute Gasteiger partial charge is 0.335 e. The van der Waals surface area contributed by atoms with Crippen molar-refractivity contribution in [1.29, 1.82) is 0 Å². The van der Waals surface area contributed by atoms with E-state index >= 15 is 0 Å². The van der Waals surface area contributed by atoms with Gasteiger partial charge in [0.2, 0.25) is 0 Å². The molecule has 2 fully saturated rings. The summed E-state index contributed by atoms with van der Waals surface area (Å²) in [6.45, 7) is 4.01. The van der Waals surface area contributed by atoms with Gasteiger partial charge in [0, 0.05) is 37.1 Å². The van der Waals surface area contributed by atoms with Crippen LogP contribution in [0.1, 0.15) is 38.5 Å². The van der Waals surface area contributed by atoms with Crippen LogP contribution in [0, 0.1) is 12.3 Å². The number of terminal acetylenes is 1. The number of rotatable bonds is 24. The van der Waals surface area contributed by atoms with Crippen molar-refractivity contribution in [1.82, 2.24) is 10.1 Å². The lowest BCUT2D eigenvalue weighted by atomic mass is 10.4. The number of carbonyl (C=O) groups is 6. The molecule has 19 nitrogen and oxygen atoms in total. The fourth-order valence-corrected chi connectivity index (χ4v) is 3.18. The third kappa shape index (κ3) is 19.3. The van der Waals surface area contributed by atoms with E-state index < -0.39 is 35.6 Å². The Bertz CT molecular complexity index is 1040. The minimum atomic E-state index is -0.706. The summed E-state index contributed by atoms with van der Waals surface area (Å²) >= 11 is 0. The average Bonchev–Trinajstić information content (AvgIpc) is 3.53. The first-order valence-corrected chi connectivity index (χ1v) is 14.3. The van der Waals surface area contributed by atoms with E-state index in [1.807, 2.05) is 0 Å². The summed E-state index contributed by atoms with van der Waals surface area (Å²) in [5.41, 5.74) is 8.01. The summed E-state index contributed by atoms with van der Waals surface area (Å²) in [5, 5.41) is 4.30. The van der Waals surface area contributed by atoms with Crippen molar-refractivity contribution in [3.63, 3.8) is 0 Å². The molecule has 46 heavy (non-hydrogen) atoms. The van der Waals surface area contributed by atoms with Crippen LogP contribution in [0.4, 0.5) is 0 Å². The molecule has 0 spiro atoms. The van der Waals surface area contributed by atoms with E-state index in [4.69, 9.17) is 40.4 Å². The third-order valence-electron chi connectivity index (χ3n) is 5.37. The van der Waals surface area contributed by atoms with Gasteiger partial charge in [-0.25, -0.2) is 9.59 Å². The SMILES string of the molecule is C#CCOCCOCCOCCOCCC(=O)ON1C(=O)CCC1=O.[N-]=[N+]=NCCOCCOCCC(=O)ON1C(=O)CCC1=O. The molecule has 0 aromatic carbocycles. The fraction of sp³-hybridized carbons (Fsp3) is 0.704. The van der Waals surface area contributed by atoms with Crippen LogP contribution in [0.25, 0.3) is 10.4 Å². The van der Waals surface area contributed by atoms with E-state index in [2.05, 4.69) is 25.6 Å². The predicted octanol–water partition coefficient (Wildman–Crippen LogP) is 0.0105. The van der Waals surface area contributed by atoms with Gasteiger partial charge in [-0.1, -0.05) is 11.0 Å². The molecule has 0 N–H and O–H groups in total. The Hall–Kier alpha value is -4.15. The largest absolute Gasteiger partial charge is 0.379 e. The van der Waals surface area contributed by atoms with Gasteiger partial charge in [-0.3, -0.25) is 19.2 Å². The van der Waals surface area contributed by atoms with Crippen molar-refractivity contribution in [2.75, 3.05) is 85.8 Å². The Morgan fingerprint density at radius 2 is 0.978 bits per heavy atom. The van der Waals surface area contributed by atoms with Gasteiger partial charge >= 0.3 is 11.9 Å². The molecule has 0 aromatic rings. The third-order valence-corrected chi connectivity index (χ3v) is 5.37. The molecule has 0 aliphatic carbocycles. The molecule has 256 valence electrons. The number of azide groups is 1. The standard InChI is InChI=1S/C16H23NO8.C11H16N4O6/c1-2-6-21-8-10-23-12-13-24-11-9-22-7-5-16(20)25-17-14(18)3-4-15(17)19;12-14-13-4-6-20-8-7-19-5-3-11(18)21-15-9(16)1-2-10(15)17/h1H,3-13H2;1-8H2. The predicted molar refractivity (Wildman–Crippen MR) is 151 cm³/mol. The van der Waals surface area contributed by atoms with E-state index in [1.165, 1.54) is 0 Å². The van der Waals surface area contributed by atoms with Crippen LogP contribution < -0.4 is 0 Å². The van der Waals surface area contributed by atoms with Gasteiger partial charge in [0.05, 0.1) is 85.5 Å². The fourth-order valence-electron chi connectivity index (χ4n) is 3.18. The minimum Gasteiger partial charge on any atom is -0.379 e. The highest BCUT2D eigenvalue weighted by atomic mass is 16.7. The summed E-state index contributed by atoms with van der Waals surface area (Å²) in [4.78, 5) is 79.7. The first kappa shape index (κ1) is 39.9. The lowest BCUT2D eigenvalue weighted by molar-refractivity contribution is -0.198. The van der Waals surface area contributed by atoms with E-state index in [9.17, 15) is 28.8 Å². The second kappa shape index (κ2) is 26.1. The quantitative estimate of drug-likeness (QED) is 0.0332. The number of ether oxygens (including phenoxy) is 6. The van der Waals surface area contributed by atoms with Crippen LogP contribution in [0.5, 0.6) is 0 Å². The number of carbonyl (C=O) groups excluding carboxylic acids is 6. The van der Waals surface area contributed by atoms with Crippen LogP contribution >= 0.6 is 0 Å². The van der Waals surface area contributed by atoms with Gasteiger partial charge in [0.1, 0.15) is 6.61 Å². The molecule has 2 heterocycles. The number of hydrogen-bond acceptors (Lipinski definition) is 15.